The lowest BCUT2D eigenvalue weighted by Crippen LogP contribution is -2.46. The molecule has 0 saturated carbocycles. The van der Waals surface area contributed by atoms with Crippen molar-refractivity contribution in [3.05, 3.63) is 36.0 Å². The minimum atomic E-state index is -5.08. The van der Waals surface area contributed by atoms with Crippen LogP contribution in [0.3, 0.4) is 0 Å². The first-order valence-electron chi connectivity index (χ1n) is 10.6. The molecule has 0 unspecified atom stereocenters. The van der Waals surface area contributed by atoms with E-state index in [1.165, 1.54) is 6.07 Å². The number of halogens is 7. The van der Waals surface area contributed by atoms with E-state index in [2.05, 4.69) is 37.1 Å². The number of carbonyl (C=O) groups is 2. The van der Waals surface area contributed by atoms with Gasteiger partial charge in [-0.05, 0) is 18.7 Å². The summed E-state index contributed by atoms with van der Waals surface area (Å²) in [6, 6.07) is 3.15. The Morgan fingerprint density at radius 2 is 1.50 bits per heavy atom. The Labute approximate surface area is 214 Å². The first-order valence-corrected chi connectivity index (χ1v) is 11.4. The van der Waals surface area contributed by atoms with Crippen molar-refractivity contribution in [2.24, 2.45) is 0 Å². The topological polar surface area (TPSA) is 120 Å². The molecule has 9 nitrogen and oxygen atoms in total. The third-order valence-corrected chi connectivity index (χ3v) is 5.88. The van der Waals surface area contributed by atoms with Gasteiger partial charge in [0.15, 0.2) is 0 Å². The molecule has 3 aromatic heterocycles. The first-order chi connectivity index (χ1) is 17.6. The molecule has 0 atom stereocenters. The summed E-state index contributed by atoms with van der Waals surface area (Å²) in [6.07, 6.45) is -6.96. The van der Waals surface area contributed by atoms with Crippen molar-refractivity contribution in [1.82, 2.24) is 19.9 Å². The number of hydrogen-bond acceptors (Lipinski definition) is 8. The molecular weight excluding hydrogens is 551 g/mol. The van der Waals surface area contributed by atoms with Gasteiger partial charge in [-0.25, -0.2) is 24.5 Å². The van der Waals surface area contributed by atoms with Crippen molar-refractivity contribution in [2.75, 3.05) is 37.6 Å². The standard InChI is InChI=1S/C17H18FN5S.2C2HF3O2/c1-2-22-5-7-23(8-6-22)16-15-13(10-24-17(15)21-11-20-16)12-3-4-14(18)19-9-12;2*3-2(4,5)1(6)7/h3-4,9-11H,2,5-8H2,1H3;2*(H,6,7). The summed E-state index contributed by atoms with van der Waals surface area (Å²) in [7, 11) is 0. The zero-order valence-electron chi connectivity index (χ0n) is 19.4. The second kappa shape index (κ2) is 12.8. The molecule has 3 aromatic rings. The number of piperazine rings is 1. The Morgan fingerprint density at radius 1 is 0.947 bits per heavy atom. The van der Waals surface area contributed by atoms with Gasteiger partial charge in [-0.3, -0.25) is 0 Å². The number of alkyl halides is 6. The fourth-order valence-electron chi connectivity index (χ4n) is 3.12. The normalized spacial score (nSPS) is 14.3. The van der Waals surface area contributed by atoms with Gasteiger partial charge < -0.3 is 20.0 Å². The summed E-state index contributed by atoms with van der Waals surface area (Å²) >= 11 is 1.59. The number of nitrogens with zero attached hydrogens (tertiary/aromatic N) is 5. The SMILES string of the molecule is CCN1CCN(c2ncnc3scc(-c4ccc(F)nc4)c23)CC1.O=C(O)C(F)(F)F.O=C(O)C(F)(F)F. The van der Waals surface area contributed by atoms with Crippen molar-refractivity contribution < 1.29 is 50.5 Å². The highest BCUT2D eigenvalue weighted by Gasteiger charge is 2.38. The molecule has 4 rings (SSSR count). The Morgan fingerprint density at radius 3 is 1.95 bits per heavy atom. The fourth-order valence-corrected chi connectivity index (χ4v) is 4.03. The van der Waals surface area contributed by atoms with Crippen LogP contribution in [0.4, 0.5) is 36.6 Å². The Bertz CT molecular complexity index is 1200. The number of pyridine rings is 1. The van der Waals surface area contributed by atoms with Crippen LogP contribution in [0.2, 0.25) is 0 Å². The van der Waals surface area contributed by atoms with Crippen LogP contribution in [0.5, 0.6) is 0 Å². The number of aliphatic carboxylic acids is 2. The van der Waals surface area contributed by atoms with E-state index in [-0.39, 0.29) is 0 Å². The lowest BCUT2D eigenvalue weighted by Gasteiger charge is -2.35. The zero-order valence-corrected chi connectivity index (χ0v) is 20.2. The van der Waals surface area contributed by atoms with Crippen LogP contribution in [0, 0.1) is 5.95 Å². The number of carboxylic acid groups (broad SMARTS) is 2. The van der Waals surface area contributed by atoms with Crippen molar-refractivity contribution >= 4 is 39.3 Å². The highest BCUT2D eigenvalue weighted by Crippen LogP contribution is 2.37. The second-order valence-corrected chi connectivity index (χ2v) is 8.28. The summed E-state index contributed by atoms with van der Waals surface area (Å²) in [5.41, 5.74) is 1.92. The van der Waals surface area contributed by atoms with E-state index in [1.807, 2.05) is 0 Å². The van der Waals surface area contributed by atoms with Crippen molar-refractivity contribution in [2.45, 2.75) is 19.3 Å². The van der Waals surface area contributed by atoms with Crippen molar-refractivity contribution in [1.29, 1.82) is 0 Å². The van der Waals surface area contributed by atoms with E-state index in [1.54, 1.807) is 29.9 Å². The first kappa shape index (κ1) is 30.6. The maximum absolute atomic E-state index is 13.1. The molecule has 1 aliphatic heterocycles. The lowest BCUT2D eigenvalue weighted by molar-refractivity contribution is -0.193. The van der Waals surface area contributed by atoms with Crippen LogP contribution < -0.4 is 4.90 Å². The van der Waals surface area contributed by atoms with Crippen LogP contribution in [0.15, 0.2) is 30.0 Å². The van der Waals surface area contributed by atoms with Crippen molar-refractivity contribution in [3.63, 3.8) is 0 Å². The maximum atomic E-state index is 13.1. The van der Waals surface area contributed by atoms with E-state index in [0.717, 1.165) is 59.9 Å². The van der Waals surface area contributed by atoms with Gasteiger partial charge >= 0.3 is 24.3 Å². The molecule has 0 radical (unpaired) electrons. The molecule has 17 heteroatoms. The Balaban J connectivity index is 0.000000301. The zero-order chi connectivity index (χ0) is 28.7. The van der Waals surface area contributed by atoms with Gasteiger partial charge in [0.25, 0.3) is 0 Å². The summed E-state index contributed by atoms with van der Waals surface area (Å²) in [5.74, 6) is -5.01. The van der Waals surface area contributed by atoms with Gasteiger partial charge in [0.1, 0.15) is 17.0 Å². The van der Waals surface area contributed by atoms with Gasteiger partial charge in [0.2, 0.25) is 5.95 Å². The molecule has 1 fully saturated rings. The highest BCUT2D eigenvalue weighted by molar-refractivity contribution is 7.17. The predicted octanol–water partition coefficient (Wildman–Crippen LogP) is 4.30. The molecule has 0 aliphatic carbocycles. The smallest absolute Gasteiger partial charge is 0.475 e. The minimum absolute atomic E-state index is 0.467. The Kier molecular flexibility index (Phi) is 10.3. The van der Waals surface area contributed by atoms with Crippen molar-refractivity contribution in [3.8, 4) is 11.1 Å². The number of thiophene rings is 1. The van der Waals surface area contributed by atoms with Gasteiger partial charge in [-0.2, -0.15) is 30.7 Å². The van der Waals surface area contributed by atoms with E-state index >= 15 is 0 Å². The number of fused-ring (bicyclic) bond motifs is 1. The fraction of sp³-hybridized carbons (Fsp3) is 0.381. The third-order valence-electron chi connectivity index (χ3n) is 4.99. The van der Waals surface area contributed by atoms with Gasteiger partial charge in [0, 0.05) is 48.9 Å². The van der Waals surface area contributed by atoms with Crippen LogP contribution in [-0.2, 0) is 9.59 Å². The van der Waals surface area contributed by atoms with E-state index < -0.39 is 30.2 Å². The third kappa shape index (κ3) is 8.47. The highest BCUT2D eigenvalue weighted by atomic mass is 32.1. The molecule has 0 amide bonds. The molecule has 0 spiro atoms. The van der Waals surface area contributed by atoms with E-state index in [9.17, 15) is 30.7 Å². The number of aromatic nitrogens is 3. The summed E-state index contributed by atoms with van der Waals surface area (Å²) < 4.78 is 76.6. The van der Waals surface area contributed by atoms with Gasteiger partial charge in [-0.15, -0.1) is 11.3 Å². The average Bonchev–Trinajstić information content (AvgIpc) is 3.29. The Hall–Kier alpha value is -3.60. The molecule has 0 bridgehead atoms. The maximum Gasteiger partial charge on any atom is 0.490 e. The monoisotopic (exact) mass is 571 g/mol. The predicted molar refractivity (Wildman–Crippen MR) is 122 cm³/mol. The summed E-state index contributed by atoms with van der Waals surface area (Å²) in [6.45, 7) is 7.27. The molecule has 1 aliphatic rings. The number of hydrogen-bond donors (Lipinski definition) is 2. The minimum Gasteiger partial charge on any atom is -0.475 e. The quantitative estimate of drug-likeness (QED) is 0.350. The van der Waals surface area contributed by atoms with E-state index in [0.29, 0.717) is 0 Å². The number of rotatable bonds is 3. The molecule has 208 valence electrons. The van der Waals surface area contributed by atoms with Crippen LogP contribution in [0.25, 0.3) is 21.3 Å². The van der Waals surface area contributed by atoms with Gasteiger partial charge in [0.05, 0.1) is 5.39 Å². The number of anilines is 1. The van der Waals surface area contributed by atoms with Crippen LogP contribution in [-0.4, -0.2) is 87.1 Å². The number of carboxylic acids is 2. The molecule has 38 heavy (non-hydrogen) atoms. The largest absolute Gasteiger partial charge is 0.490 e. The molecule has 0 aromatic carbocycles. The molecular formula is C21H20F7N5O4S. The molecule has 1 saturated heterocycles. The van der Waals surface area contributed by atoms with Crippen LogP contribution >= 0.6 is 11.3 Å². The second-order valence-electron chi connectivity index (χ2n) is 7.42. The summed E-state index contributed by atoms with van der Waals surface area (Å²) in [5, 5.41) is 17.3. The lowest BCUT2D eigenvalue weighted by atomic mass is 10.1. The van der Waals surface area contributed by atoms with E-state index in [4.69, 9.17) is 19.8 Å². The number of likely N-dealkylation sites (N-methyl/N-ethyl adjacent to an activating group) is 1. The summed E-state index contributed by atoms with van der Waals surface area (Å²) in [4.78, 5) is 36.3. The molecule has 4 heterocycles. The average molecular weight is 571 g/mol. The molecule has 2 N–H and O–H groups in total. The van der Waals surface area contributed by atoms with Gasteiger partial charge in [-0.1, -0.05) is 6.92 Å². The van der Waals surface area contributed by atoms with Crippen LogP contribution in [0.1, 0.15) is 6.92 Å².